The molecule has 1 N–H and O–H groups in total. The van der Waals surface area contributed by atoms with Crippen LogP contribution in [0, 0.1) is 5.92 Å². The highest BCUT2D eigenvalue weighted by molar-refractivity contribution is 6.18. The quantitative estimate of drug-likeness (QED) is 0.853. The van der Waals surface area contributed by atoms with Crippen LogP contribution in [0.5, 0.6) is 5.75 Å². The third-order valence-corrected chi connectivity index (χ3v) is 4.83. The molecule has 1 fully saturated rings. The van der Waals surface area contributed by atoms with E-state index < -0.39 is 0 Å². The number of para-hydroxylation sites is 1. The van der Waals surface area contributed by atoms with E-state index in [1.165, 1.54) is 31.2 Å². The molecule has 1 aromatic rings. The molecule has 1 aromatic carbocycles. The van der Waals surface area contributed by atoms with Crippen molar-refractivity contribution in [2.45, 2.75) is 44.2 Å². The van der Waals surface area contributed by atoms with Crippen LogP contribution in [0.3, 0.4) is 0 Å². The maximum atomic E-state index is 6.07. The molecular formula is C16H22ClNO. The molecule has 1 heterocycles. The first kappa shape index (κ1) is 13.3. The number of benzene rings is 1. The topological polar surface area (TPSA) is 21.3 Å². The highest BCUT2D eigenvalue weighted by atomic mass is 35.5. The van der Waals surface area contributed by atoms with Gasteiger partial charge in [-0.3, -0.25) is 0 Å². The summed E-state index contributed by atoms with van der Waals surface area (Å²) < 4.78 is 5.97. The Hall–Kier alpha value is -0.730. The van der Waals surface area contributed by atoms with Crippen molar-refractivity contribution in [1.82, 2.24) is 5.32 Å². The molecule has 3 heteroatoms. The Bertz CT molecular complexity index is 398. The van der Waals surface area contributed by atoms with Crippen molar-refractivity contribution in [3.8, 4) is 5.75 Å². The lowest BCUT2D eigenvalue weighted by molar-refractivity contribution is 0.200. The van der Waals surface area contributed by atoms with E-state index in [1.807, 2.05) is 6.07 Å². The van der Waals surface area contributed by atoms with Gasteiger partial charge in [-0.15, -0.1) is 11.6 Å². The van der Waals surface area contributed by atoms with E-state index in [1.54, 1.807) is 0 Å². The average molecular weight is 280 g/mol. The number of hydrogen-bond donors (Lipinski definition) is 1. The fourth-order valence-corrected chi connectivity index (χ4v) is 3.68. The predicted molar refractivity (Wildman–Crippen MR) is 79.0 cm³/mol. The number of rotatable bonds is 4. The molecule has 0 bridgehead atoms. The number of alkyl halides is 1. The average Bonchev–Trinajstić information content (AvgIpc) is 2.88. The van der Waals surface area contributed by atoms with Gasteiger partial charge < -0.3 is 10.1 Å². The summed E-state index contributed by atoms with van der Waals surface area (Å²) in [6.07, 6.45) is 6.51. The molecule has 0 saturated heterocycles. The highest BCUT2D eigenvalue weighted by Crippen LogP contribution is 2.29. The predicted octanol–water partition coefficient (Wildman–Crippen LogP) is 3.38. The lowest BCUT2D eigenvalue weighted by Gasteiger charge is -2.31. The van der Waals surface area contributed by atoms with Crippen LogP contribution in [-0.2, 0) is 6.42 Å². The zero-order valence-corrected chi connectivity index (χ0v) is 12.0. The number of nitrogens with one attached hydrogen (secondary N) is 1. The highest BCUT2D eigenvalue weighted by Gasteiger charge is 2.27. The van der Waals surface area contributed by atoms with E-state index in [4.69, 9.17) is 16.3 Å². The minimum absolute atomic E-state index is 0.287. The van der Waals surface area contributed by atoms with Gasteiger partial charge in [0, 0.05) is 24.9 Å². The smallest absolute Gasteiger partial charge is 0.123 e. The van der Waals surface area contributed by atoms with Crippen LogP contribution in [0.2, 0.25) is 0 Å². The van der Waals surface area contributed by atoms with Crippen LogP contribution < -0.4 is 10.1 Å². The fourth-order valence-electron chi connectivity index (χ4n) is 3.31. The monoisotopic (exact) mass is 279 g/mol. The van der Waals surface area contributed by atoms with Gasteiger partial charge in [0.1, 0.15) is 11.9 Å². The second-order valence-corrected chi connectivity index (χ2v) is 6.07. The van der Waals surface area contributed by atoms with E-state index >= 15 is 0 Å². The summed E-state index contributed by atoms with van der Waals surface area (Å²) in [6.45, 7) is 0.937. The normalized spacial score (nSPS) is 29.8. The van der Waals surface area contributed by atoms with Crippen molar-refractivity contribution in [2.24, 2.45) is 5.92 Å². The molecule has 3 atom stereocenters. The Morgan fingerprint density at radius 3 is 2.89 bits per heavy atom. The lowest BCUT2D eigenvalue weighted by Crippen LogP contribution is -2.43. The molecular weight excluding hydrogens is 258 g/mol. The van der Waals surface area contributed by atoms with E-state index in [9.17, 15) is 0 Å². The molecule has 19 heavy (non-hydrogen) atoms. The van der Waals surface area contributed by atoms with Crippen molar-refractivity contribution in [1.29, 1.82) is 0 Å². The summed E-state index contributed by atoms with van der Waals surface area (Å²) >= 11 is 6.07. The van der Waals surface area contributed by atoms with Gasteiger partial charge in [-0.25, -0.2) is 0 Å². The summed E-state index contributed by atoms with van der Waals surface area (Å²) in [5, 5.41) is 3.69. The molecule has 1 aliphatic carbocycles. The van der Waals surface area contributed by atoms with Gasteiger partial charge in [0.05, 0.1) is 0 Å². The maximum Gasteiger partial charge on any atom is 0.123 e. The lowest BCUT2D eigenvalue weighted by atomic mass is 9.85. The Labute approximate surface area is 120 Å². The minimum atomic E-state index is 0.287. The molecule has 0 spiro atoms. The van der Waals surface area contributed by atoms with E-state index in [0.29, 0.717) is 12.0 Å². The van der Waals surface area contributed by atoms with Crippen LogP contribution in [0.1, 0.15) is 31.2 Å². The SMILES string of the molecule is ClCC1CCCCC1NCC1Cc2ccccc2O1. The zero-order chi connectivity index (χ0) is 13.1. The van der Waals surface area contributed by atoms with Crippen LogP contribution in [0.15, 0.2) is 24.3 Å². The third-order valence-electron chi connectivity index (χ3n) is 4.43. The van der Waals surface area contributed by atoms with Gasteiger partial charge >= 0.3 is 0 Å². The van der Waals surface area contributed by atoms with Gasteiger partial charge in [-0.2, -0.15) is 0 Å². The molecule has 1 saturated carbocycles. The number of fused-ring (bicyclic) bond motifs is 1. The van der Waals surface area contributed by atoms with Crippen molar-refractivity contribution in [3.05, 3.63) is 29.8 Å². The molecule has 1 aliphatic heterocycles. The molecule has 3 unspecified atom stereocenters. The molecule has 0 amide bonds. The second kappa shape index (κ2) is 6.15. The molecule has 3 rings (SSSR count). The van der Waals surface area contributed by atoms with Crippen LogP contribution in [-0.4, -0.2) is 24.6 Å². The summed E-state index contributed by atoms with van der Waals surface area (Å²) in [6, 6.07) is 8.94. The molecule has 104 valence electrons. The Morgan fingerprint density at radius 2 is 2.05 bits per heavy atom. The molecule has 2 aliphatic rings. The standard InChI is InChI=1S/C16H22ClNO/c17-10-13-6-1-3-7-15(13)18-11-14-9-12-5-2-4-8-16(12)19-14/h2,4-5,8,13-15,18H,1,3,6-7,9-11H2. The first-order valence-electron chi connectivity index (χ1n) is 7.40. The molecule has 0 radical (unpaired) electrons. The van der Waals surface area contributed by atoms with Gasteiger partial charge in [-0.1, -0.05) is 31.0 Å². The zero-order valence-electron chi connectivity index (χ0n) is 11.3. The van der Waals surface area contributed by atoms with Crippen molar-refractivity contribution >= 4 is 11.6 Å². The van der Waals surface area contributed by atoms with Crippen molar-refractivity contribution < 1.29 is 4.74 Å². The summed E-state index contributed by atoms with van der Waals surface area (Å²) in [4.78, 5) is 0. The first-order valence-corrected chi connectivity index (χ1v) is 7.94. The Morgan fingerprint density at radius 1 is 1.21 bits per heavy atom. The third kappa shape index (κ3) is 3.06. The van der Waals surface area contributed by atoms with Gasteiger partial charge in [0.15, 0.2) is 0 Å². The van der Waals surface area contributed by atoms with Crippen molar-refractivity contribution in [3.63, 3.8) is 0 Å². The Balaban J connectivity index is 1.51. The molecule has 2 nitrogen and oxygen atoms in total. The van der Waals surface area contributed by atoms with E-state index in [2.05, 4.69) is 23.5 Å². The largest absolute Gasteiger partial charge is 0.488 e. The molecule has 0 aromatic heterocycles. The van der Waals surface area contributed by atoms with Gasteiger partial charge in [0.2, 0.25) is 0 Å². The fraction of sp³-hybridized carbons (Fsp3) is 0.625. The van der Waals surface area contributed by atoms with Crippen molar-refractivity contribution in [2.75, 3.05) is 12.4 Å². The van der Waals surface area contributed by atoms with E-state index in [-0.39, 0.29) is 6.10 Å². The van der Waals surface area contributed by atoms with Crippen LogP contribution >= 0.6 is 11.6 Å². The maximum absolute atomic E-state index is 6.07. The van der Waals surface area contributed by atoms with E-state index in [0.717, 1.165) is 24.6 Å². The minimum Gasteiger partial charge on any atom is -0.488 e. The van der Waals surface area contributed by atoms with Gasteiger partial charge in [-0.05, 0) is 30.4 Å². The summed E-state index contributed by atoms with van der Waals surface area (Å²) in [5.74, 6) is 2.48. The summed E-state index contributed by atoms with van der Waals surface area (Å²) in [5.41, 5.74) is 1.34. The number of halogens is 1. The van der Waals surface area contributed by atoms with Gasteiger partial charge in [0.25, 0.3) is 0 Å². The summed E-state index contributed by atoms with van der Waals surface area (Å²) in [7, 11) is 0. The second-order valence-electron chi connectivity index (χ2n) is 5.77. The first-order chi connectivity index (χ1) is 9.36. The van der Waals surface area contributed by atoms with Crippen LogP contribution in [0.25, 0.3) is 0 Å². The number of ether oxygens (including phenoxy) is 1. The van der Waals surface area contributed by atoms with Crippen LogP contribution in [0.4, 0.5) is 0 Å². The number of hydrogen-bond acceptors (Lipinski definition) is 2. The Kier molecular flexibility index (Phi) is 4.29.